The van der Waals surface area contributed by atoms with E-state index >= 15 is 0 Å². The molecule has 0 fully saturated rings. The Morgan fingerprint density at radius 2 is 1.90 bits per heavy atom. The van der Waals surface area contributed by atoms with E-state index in [-0.39, 0.29) is 35.2 Å². The number of hydrogen-bond donors (Lipinski definition) is 1. The quantitative estimate of drug-likeness (QED) is 0.500. The molecule has 3 aromatic rings. The SMILES string of the molecule is CCOc1ccc(-c2cc(-c3cc4c(cc3[N+](=O)[O-])OCO4)c(C#N)c(N)n2)cc1. The molecule has 2 aromatic carbocycles. The molecular weight excluding hydrogens is 388 g/mol. The van der Waals surface area contributed by atoms with Crippen molar-refractivity contribution in [3.63, 3.8) is 0 Å². The predicted octanol–water partition coefficient (Wildman–Crippen LogP) is 3.91. The zero-order chi connectivity index (χ0) is 21.3. The van der Waals surface area contributed by atoms with Crippen molar-refractivity contribution in [2.75, 3.05) is 19.1 Å². The molecule has 1 aromatic heterocycles. The summed E-state index contributed by atoms with van der Waals surface area (Å²) >= 11 is 0. The van der Waals surface area contributed by atoms with Gasteiger partial charge < -0.3 is 19.9 Å². The van der Waals surface area contributed by atoms with Gasteiger partial charge in [-0.15, -0.1) is 0 Å². The number of nitrogens with zero attached hydrogens (tertiary/aromatic N) is 3. The molecule has 0 amide bonds. The molecule has 0 spiro atoms. The van der Waals surface area contributed by atoms with Crippen LogP contribution in [0.25, 0.3) is 22.4 Å². The van der Waals surface area contributed by atoms with E-state index in [2.05, 4.69) is 4.98 Å². The number of aromatic nitrogens is 1. The molecule has 4 rings (SSSR count). The van der Waals surface area contributed by atoms with E-state index in [0.717, 1.165) is 5.56 Å². The van der Waals surface area contributed by atoms with Crippen molar-refractivity contribution in [1.29, 1.82) is 5.26 Å². The number of anilines is 1. The number of hydrogen-bond acceptors (Lipinski definition) is 8. The molecular formula is C21H16N4O5. The highest BCUT2D eigenvalue weighted by molar-refractivity contribution is 5.86. The summed E-state index contributed by atoms with van der Waals surface area (Å²) < 4.78 is 16.1. The van der Waals surface area contributed by atoms with Gasteiger partial charge in [-0.1, -0.05) is 0 Å². The van der Waals surface area contributed by atoms with Crippen LogP contribution in [0.5, 0.6) is 17.2 Å². The van der Waals surface area contributed by atoms with Gasteiger partial charge in [-0.3, -0.25) is 10.1 Å². The van der Waals surface area contributed by atoms with Crippen LogP contribution < -0.4 is 19.9 Å². The Morgan fingerprint density at radius 1 is 1.20 bits per heavy atom. The van der Waals surface area contributed by atoms with Gasteiger partial charge in [-0.2, -0.15) is 5.26 Å². The molecule has 0 aliphatic carbocycles. The van der Waals surface area contributed by atoms with Crippen molar-refractivity contribution in [3.05, 3.63) is 58.1 Å². The summed E-state index contributed by atoms with van der Waals surface area (Å²) in [6.07, 6.45) is 0. The highest BCUT2D eigenvalue weighted by Gasteiger charge is 2.27. The number of nitrogens with two attached hydrogens (primary N) is 1. The normalized spacial score (nSPS) is 11.7. The van der Waals surface area contributed by atoms with Crippen LogP contribution in [0.3, 0.4) is 0 Å². The van der Waals surface area contributed by atoms with Gasteiger partial charge in [-0.05, 0) is 43.3 Å². The van der Waals surface area contributed by atoms with E-state index < -0.39 is 4.92 Å². The largest absolute Gasteiger partial charge is 0.494 e. The summed E-state index contributed by atoms with van der Waals surface area (Å²) in [4.78, 5) is 15.5. The van der Waals surface area contributed by atoms with E-state index in [1.165, 1.54) is 12.1 Å². The Hall–Kier alpha value is -4.32. The van der Waals surface area contributed by atoms with E-state index in [0.29, 0.717) is 29.4 Å². The summed E-state index contributed by atoms with van der Waals surface area (Å²) in [6, 6.07) is 13.6. The van der Waals surface area contributed by atoms with Crippen molar-refractivity contribution >= 4 is 11.5 Å². The third-order valence-corrected chi connectivity index (χ3v) is 4.60. The van der Waals surface area contributed by atoms with Gasteiger partial charge in [0.15, 0.2) is 11.5 Å². The van der Waals surface area contributed by atoms with Gasteiger partial charge >= 0.3 is 0 Å². The molecule has 0 saturated heterocycles. The molecule has 0 bridgehead atoms. The number of nitriles is 1. The average Bonchev–Trinajstić information content (AvgIpc) is 3.20. The summed E-state index contributed by atoms with van der Waals surface area (Å²) in [7, 11) is 0. The van der Waals surface area contributed by atoms with E-state index in [1.54, 1.807) is 30.3 Å². The molecule has 1 aliphatic rings. The second kappa shape index (κ2) is 7.60. The summed E-state index contributed by atoms with van der Waals surface area (Å²) in [5.74, 6) is 1.32. The van der Waals surface area contributed by atoms with Crippen LogP contribution in [0.15, 0.2) is 42.5 Å². The van der Waals surface area contributed by atoms with E-state index in [1.807, 2.05) is 13.0 Å². The Morgan fingerprint density at radius 3 is 2.53 bits per heavy atom. The van der Waals surface area contributed by atoms with Gasteiger partial charge in [0.25, 0.3) is 5.69 Å². The van der Waals surface area contributed by atoms with Crippen LogP contribution in [0, 0.1) is 21.4 Å². The maximum Gasteiger partial charge on any atom is 0.281 e. The van der Waals surface area contributed by atoms with Crippen molar-refractivity contribution in [1.82, 2.24) is 4.98 Å². The first-order valence-corrected chi connectivity index (χ1v) is 9.04. The summed E-state index contributed by atoms with van der Waals surface area (Å²) in [5.41, 5.74) is 7.54. The van der Waals surface area contributed by atoms with Gasteiger partial charge in [0.2, 0.25) is 6.79 Å². The number of rotatable bonds is 5. The van der Waals surface area contributed by atoms with Crippen molar-refractivity contribution in [3.8, 4) is 45.7 Å². The minimum atomic E-state index is -0.536. The lowest BCUT2D eigenvalue weighted by atomic mass is 9.96. The smallest absolute Gasteiger partial charge is 0.281 e. The Bertz CT molecular complexity index is 1190. The monoisotopic (exact) mass is 404 g/mol. The van der Waals surface area contributed by atoms with Crippen LogP contribution in [-0.4, -0.2) is 23.3 Å². The zero-order valence-electron chi connectivity index (χ0n) is 15.9. The van der Waals surface area contributed by atoms with Crippen molar-refractivity contribution in [2.45, 2.75) is 6.92 Å². The number of pyridine rings is 1. The molecule has 1 aliphatic heterocycles. The molecule has 150 valence electrons. The lowest BCUT2D eigenvalue weighted by Crippen LogP contribution is -2.01. The van der Waals surface area contributed by atoms with Gasteiger partial charge in [0.05, 0.1) is 28.9 Å². The van der Waals surface area contributed by atoms with Gasteiger partial charge in [0.1, 0.15) is 23.2 Å². The van der Waals surface area contributed by atoms with Crippen molar-refractivity contribution < 1.29 is 19.1 Å². The first-order valence-electron chi connectivity index (χ1n) is 9.04. The maximum atomic E-state index is 11.7. The Balaban J connectivity index is 1.90. The van der Waals surface area contributed by atoms with Crippen LogP contribution >= 0.6 is 0 Å². The van der Waals surface area contributed by atoms with Gasteiger partial charge in [-0.25, -0.2) is 4.98 Å². The lowest BCUT2D eigenvalue weighted by Gasteiger charge is -2.12. The standard InChI is InChI=1S/C21H16N4O5/c1-2-28-13-5-3-12(4-6-13)17-7-14(16(10-22)21(23)24-17)15-8-19-20(30-11-29-19)9-18(15)25(26)27/h3-9H,2,11H2,1H3,(H2,23,24). The highest BCUT2D eigenvalue weighted by Crippen LogP contribution is 2.44. The number of nitro groups is 1. The second-order valence-electron chi connectivity index (χ2n) is 6.36. The molecule has 0 unspecified atom stereocenters. The van der Waals surface area contributed by atoms with Crippen LogP contribution in [0.1, 0.15) is 12.5 Å². The number of benzene rings is 2. The minimum absolute atomic E-state index is 0.0224. The first-order chi connectivity index (χ1) is 14.5. The van der Waals surface area contributed by atoms with Crippen molar-refractivity contribution in [2.24, 2.45) is 0 Å². The first kappa shape index (κ1) is 19.0. The van der Waals surface area contributed by atoms with Gasteiger partial charge in [0, 0.05) is 11.1 Å². The van der Waals surface area contributed by atoms with Crippen LogP contribution in [0.2, 0.25) is 0 Å². The molecule has 0 radical (unpaired) electrons. The number of nitro benzene ring substituents is 1. The maximum absolute atomic E-state index is 11.7. The molecule has 0 atom stereocenters. The molecule has 30 heavy (non-hydrogen) atoms. The van der Waals surface area contributed by atoms with Crippen LogP contribution in [-0.2, 0) is 0 Å². The molecule has 0 saturated carbocycles. The second-order valence-corrected chi connectivity index (χ2v) is 6.36. The number of ether oxygens (including phenoxy) is 3. The summed E-state index contributed by atoms with van der Waals surface area (Å²) in [5, 5.41) is 21.3. The minimum Gasteiger partial charge on any atom is -0.494 e. The predicted molar refractivity (Wildman–Crippen MR) is 108 cm³/mol. The third kappa shape index (κ3) is 3.31. The summed E-state index contributed by atoms with van der Waals surface area (Å²) in [6.45, 7) is 2.40. The molecule has 2 N–H and O–H groups in total. The van der Waals surface area contributed by atoms with E-state index in [4.69, 9.17) is 19.9 Å². The fraction of sp³-hybridized carbons (Fsp3) is 0.143. The number of nitrogen functional groups attached to an aromatic ring is 1. The molecule has 9 heteroatoms. The lowest BCUT2D eigenvalue weighted by molar-refractivity contribution is -0.384. The Labute approximate surface area is 171 Å². The fourth-order valence-electron chi connectivity index (χ4n) is 3.23. The molecule has 2 heterocycles. The number of fused-ring (bicyclic) bond motifs is 1. The van der Waals surface area contributed by atoms with E-state index in [9.17, 15) is 15.4 Å². The topological polar surface area (TPSA) is 134 Å². The molecule has 9 nitrogen and oxygen atoms in total. The van der Waals surface area contributed by atoms with Crippen LogP contribution in [0.4, 0.5) is 11.5 Å². The Kier molecular flexibility index (Phi) is 4.82. The third-order valence-electron chi connectivity index (χ3n) is 4.60. The average molecular weight is 404 g/mol. The zero-order valence-corrected chi connectivity index (χ0v) is 15.9. The fourth-order valence-corrected chi connectivity index (χ4v) is 3.23. The highest BCUT2D eigenvalue weighted by atomic mass is 16.7.